The number of H-pyrrole nitrogens is 1. The number of Topliss-reactive ketones (excluding diaryl/α,β-unsaturated/α-hetero) is 1. The van der Waals surface area contributed by atoms with Crippen molar-refractivity contribution in [1.29, 1.82) is 0 Å². The zero-order valence-electron chi connectivity index (χ0n) is 24.5. The number of aromatic amines is 1. The summed E-state index contributed by atoms with van der Waals surface area (Å²) in [5.41, 5.74) is 6.89. The Kier molecular flexibility index (Phi) is 16.8. The molecule has 1 aromatic heterocycles. The molecule has 0 aliphatic heterocycles. The number of aryl methyl sites for hydroxylation is 1. The molecule has 1 aliphatic carbocycles. The van der Waals surface area contributed by atoms with E-state index in [4.69, 9.17) is 0 Å². The molecule has 1 heterocycles. The molecule has 0 unspecified atom stereocenters. The summed E-state index contributed by atoms with van der Waals surface area (Å²) in [7, 11) is 1.90. The van der Waals surface area contributed by atoms with Crippen LogP contribution < -0.4 is 4.74 Å². The van der Waals surface area contributed by atoms with Gasteiger partial charge in [0.05, 0.1) is 6.20 Å². The number of rotatable bonds is 7. The number of aromatic nitrogens is 2. The van der Waals surface area contributed by atoms with Crippen molar-refractivity contribution in [2.45, 2.75) is 67.2 Å². The van der Waals surface area contributed by atoms with Crippen molar-refractivity contribution >= 4 is 17.1 Å². The second-order valence-electron chi connectivity index (χ2n) is 8.74. The number of alkyl halides is 3. The van der Waals surface area contributed by atoms with Crippen LogP contribution in [-0.2, 0) is 4.79 Å². The van der Waals surface area contributed by atoms with E-state index in [1.54, 1.807) is 19.1 Å². The zero-order chi connectivity index (χ0) is 30.9. The van der Waals surface area contributed by atoms with Crippen LogP contribution in [0.25, 0.3) is 5.57 Å². The van der Waals surface area contributed by atoms with Crippen molar-refractivity contribution < 1.29 is 27.1 Å². The minimum absolute atomic E-state index is 0.187. The van der Waals surface area contributed by atoms with Crippen LogP contribution in [0.15, 0.2) is 83.9 Å². The van der Waals surface area contributed by atoms with Gasteiger partial charge in [0.25, 0.3) is 0 Å². The number of benzene rings is 1. The van der Waals surface area contributed by atoms with Gasteiger partial charge in [-0.05, 0) is 51.3 Å². The van der Waals surface area contributed by atoms with Gasteiger partial charge in [-0.15, -0.1) is 13.2 Å². The van der Waals surface area contributed by atoms with Crippen molar-refractivity contribution in [3.05, 3.63) is 90.1 Å². The number of ether oxygens (including phenoxy) is 1. The highest BCUT2D eigenvalue weighted by Gasteiger charge is 2.31. The molecule has 3 rings (SSSR count). The van der Waals surface area contributed by atoms with Gasteiger partial charge >= 0.3 is 6.36 Å². The Morgan fingerprint density at radius 3 is 2.02 bits per heavy atom. The molecule has 1 saturated carbocycles. The maximum absolute atomic E-state index is 11.6. The van der Waals surface area contributed by atoms with Crippen LogP contribution >= 0.6 is 0 Å². The fraction of sp³-hybridized carbons (Fsp3) is 0.387. The van der Waals surface area contributed by atoms with Crippen LogP contribution in [0.5, 0.6) is 5.75 Å². The quantitative estimate of drug-likeness (QED) is 0.158. The first-order chi connectivity index (χ1) is 18.8. The number of carbonyl (C=O) groups is 1. The molecule has 1 N–H and O–H groups in total. The molecule has 0 amide bonds. The lowest BCUT2D eigenvalue weighted by Gasteiger charge is -2.30. The molecule has 2 aromatic rings. The number of carbonyl (C=O) groups excluding carboxylic acids is 1. The highest BCUT2D eigenvalue weighted by Crippen LogP contribution is 2.36. The minimum Gasteiger partial charge on any atom is -0.406 e. The average molecular weight is 564 g/mol. The molecular weight excluding hydrogens is 522 g/mol. The van der Waals surface area contributed by atoms with Crippen molar-refractivity contribution in [3.63, 3.8) is 0 Å². The van der Waals surface area contributed by atoms with Gasteiger partial charge in [-0.3, -0.25) is 14.9 Å². The maximum Gasteiger partial charge on any atom is 0.573 e. The second-order valence-corrected chi connectivity index (χ2v) is 8.74. The molecule has 0 radical (unpaired) electrons. The lowest BCUT2D eigenvalue weighted by molar-refractivity contribution is -0.274. The predicted octanol–water partition coefficient (Wildman–Crippen LogP) is 9.16. The molecule has 40 heavy (non-hydrogen) atoms. The van der Waals surface area contributed by atoms with Crippen molar-refractivity contribution in [1.82, 2.24) is 10.2 Å². The van der Waals surface area contributed by atoms with Gasteiger partial charge in [0.1, 0.15) is 5.75 Å². The van der Waals surface area contributed by atoms with Crippen molar-refractivity contribution in [2.24, 2.45) is 10.9 Å². The first-order valence-corrected chi connectivity index (χ1v) is 12.9. The van der Waals surface area contributed by atoms with Crippen LogP contribution in [0.4, 0.5) is 17.6 Å². The predicted molar refractivity (Wildman–Crippen MR) is 156 cm³/mol. The summed E-state index contributed by atoms with van der Waals surface area (Å²) in [6.45, 7) is 17.8. The van der Waals surface area contributed by atoms with Gasteiger partial charge in [-0.2, -0.15) is 5.10 Å². The van der Waals surface area contributed by atoms with Gasteiger partial charge in [0.2, 0.25) is 0 Å². The molecule has 0 spiro atoms. The summed E-state index contributed by atoms with van der Waals surface area (Å²) in [5, 5.41) is 6.96. The van der Waals surface area contributed by atoms with E-state index >= 15 is 0 Å². The van der Waals surface area contributed by atoms with E-state index in [2.05, 4.69) is 53.0 Å². The Morgan fingerprint density at radius 1 is 1.15 bits per heavy atom. The third kappa shape index (κ3) is 13.4. The van der Waals surface area contributed by atoms with E-state index in [1.165, 1.54) is 48.3 Å². The number of aliphatic imine (C=N–C) groups is 1. The van der Waals surface area contributed by atoms with Crippen LogP contribution in [0.2, 0.25) is 0 Å². The SMILES string of the molecule is C=C(F)C(C)=O.C=C/C=C(\C(C(=NC)C1CCC1)=C(C)C)c1cn[nH]c1.CC.Cc1ccc(OC(F)(F)F)cc1. The number of hydrogen-bond donors (Lipinski definition) is 1. The fourth-order valence-corrected chi connectivity index (χ4v) is 3.42. The third-order valence-corrected chi connectivity index (χ3v) is 5.49. The molecule has 9 heteroatoms. The van der Waals surface area contributed by atoms with Crippen LogP contribution in [0.1, 0.15) is 65.0 Å². The lowest BCUT2D eigenvalue weighted by atomic mass is 9.76. The van der Waals surface area contributed by atoms with Crippen molar-refractivity contribution in [3.8, 4) is 5.75 Å². The topological polar surface area (TPSA) is 67.3 Å². The molecule has 1 aromatic carbocycles. The van der Waals surface area contributed by atoms with Gasteiger partial charge in [-0.25, -0.2) is 4.39 Å². The Hall–Kier alpha value is -3.75. The van der Waals surface area contributed by atoms with Gasteiger partial charge < -0.3 is 4.74 Å². The number of halogens is 4. The first-order valence-electron chi connectivity index (χ1n) is 12.9. The number of nitrogens with one attached hydrogen (secondary N) is 1. The van der Waals surface area contributed by atoms with Gasteiger partial charge in [0, 0.05) is 42.9 Å². The summed E-state index contributed by atoms with van der Waals surface area (Å²) in [4.78, 5) is 14.3. The molecule has 1 fully saturated rings. The number of ketones is 1. The summed E-state index contributed by atoms with van der Waals surface area (Å²) in [6.07, 6.45) is 6.86. The Balaban J connectivity index is 0.000000644. The fourth-order valence-electron chi connectivity index (χ4n) is 3.42. The van der Waals surface area contributed by atoms with E-state index < -0.39 is 18.0 Å². The standard InChI is InChI=1S/C17H23N3.C8H7F3O.C4H5FO.C2H6/c1-5-7-15(14-10-19-20-11-14)16(12(2)3)17(18-4)13-8-6-9-13;1-6-2-4-7(5-3-6)12-8(9,10)11;1-3(5)4(2)6;1-2/h5,7,10-11,13H,1,6,8-9H2,2-4H3,(H,19,20);2-5H,1H3;1H2,2H3;1-2H3/b15-7-,18-17?;;;. The average Bonchev–Trinajstić information content (AvgIpc) is 3.39. The summed E-state index contributed by atoms with van der Waals surface area (Å²) in [5.74, 6) is -1.07. The van der Waals surface area contributed by atoms with E-state index in [1.807, 2.05) is 39.4 Å². The maximum atomic E-state index is 11.6. The smallest absolute Gasteiger partial charge is 0.406 e. The normalized spacial score (nSPS) is 13.1. The number of nitrogens with zero attached hydrogens (tertiary/aromatic N) is 2. The highest BCUT2D eigenvalue weighted by atomic mass is 19.4. The Bertz CT molecular complexity index is 1140. The van der Waals surface area contributed by atoms with E-state index in [-0.39, 0.29) is 5.75 Å². The zero-order valence-corrected chi connectivity index (χ0v) is 24.5. The number of hydrogen-bond acceptors (Lipinski definition) is 4. The summed E-state index contributed by atoms with van der Waals surface area (Å²) >= 11 is 0. The molecular formula is C31H41F4N3O2. The third-order valence-electron chi connectivity index (χ3n) is 5.49. The second kappa shape index (κ2) is 18.5. The Labute approximate surface area is 235 Å². The Morgan fingerprint density at radius 2 is 1.70 bits per heavy atom. The van der Waals surface area contributed by atoms with E-state index in [0.29, 0.717) is 5.92 Å². The van der Waals surface area contributed by atoms with Gasteiger partial charge in [-0.1, -0.05) is 68.8 Å². The van der Waals surface area contributed by atoms with Crippen LogP contribution in [-0.4, -0.2) is 35.1 Å². The molecule has 220 valence electrons. The van der Waals surface area contributed by atoms with Gasteiger partial charge in [0.15, 0.2) is 11.6 Å². The molecule has 0 bridgehead atoms. The largest absolute Gasteiger partial charge is 0.573 e. The lowest BCUT2D eigenvalue weighted by Crippen LogP contribution is -2.25. The van der Waals surface area contributed by atoms with E-state index in [9.17, 15) is 22.4 Å². The highest BCUT2D eigenvalue weighted by molar-refractivity contribution is 6.15. The van der Waals surface area contributed by atoms with Crippen LogP contribution in [0.3, 0.4) is 0 Å². The minimum atomic E-state index is -4.60. The molecule has 5 nitrogen and oxygen atoms in total. The molecule has 0 atom stereocenters. The number of allylic oxidation sites excluding steroid dienone is 6. The summed E-state index contributed by atoms with van der Waals surface area (Å²) in [6, 6.07) is 5.67. The van der Waals surface area contributed by atoms with Crippen LogP contribution in [0, 0.1) is 12.8 Å². The summed E-state index contributed by atoms with van der Waals surface area (Å²) < 4.78 is 49.8. The first kappa shape index (κ1) is 36.2. The van der Waals surface area contributed by atoms with E-state index in [0.717, 1.165) is 23.6 Å². The molecule has 1 aliphatic rings. The molecule has 0 saturated heterocycles. The monoisotopic (exact) mass is 563 g/mol. The van der Waals surface area contributed by atoms with Crippen molar-refractivity contribution in [2.75, 3.05) is 7.05 Å².